The molecule has 0 saturated heterocycles. The Kier molecular flexibility index (Phi) is 1.50. The van der Waals surface area contributed by atoms with Crippen molar-refractivity contribution in [2.75, 3.05) is 5.73 Å². The molecule has 0 aliphatic rings. The van der Waals surface area contributed by atoms with Crippen molar-refractivity contribution in [2.45, 2.75) is 0 Å². The first-order chi connectivity index (χ1) is 5.75. The topological polar surface area (TPSA) is 38.9 Å². The molecule has 2 rings (SSSR count). The highest BCUT2D eigenvalue weighted by atomic mass is 14.8. The van der Waals surface area contributed by atoms with Gasteiger partial charge in [-0.15, -0.1) is 0 Å². The molecule has 0 fully saturated rings. The standard InChI is InChI=1S/C9H7BN2/c10-7-2-3-8-6(5-7)1-4-9(11)12-8/h1-5H,(H2,11,12). The van der Waals surface area contributed by atoms with Crippen molar-refractivity contribution in [1.82, 2.24) is 4.98 Å². The van der Waals surface area contributed by atoms with Gasteiger partial charge in [0.05, 0.1) is 5.52 Å². The van der Waals surface area contributed by atoms with E-state index in [1.807, 2.05) is 24.3 Å². The number of benzene rings is 1. The molecule has 2 radical (unpaired) electrons. The molecule has 2 N–H and O–H groups in total. The second kappa shape index (κ2) is 2.52. The molecule has 0 bridgehead atoms. The van der Waals surface area contributed by atoms with E-state index in [1.54, 1.807) is 6.07 Å². The van der Waals surface area contributed by atoms with Gasteiger partial charge in [0.25, 0.3) is 0 Å². The molecule has 0 aliphatic heterocycles. The van der Waals surface area contributed by atoms with Gasteiger partial charge in [0.15, 0.2) is 0 Å². The third-order valence-electron chi connectivity index (χ3n) is 1.73. The molecular weight excluding hydrogens is 147 g/mol. The van der Waals surface area contributed by atoms with E-state index < -0.39 is 0 Å². The number of nitrogens with two attached hydrogens (primary N) is 1. The van der Waals surface area contributed by atoms with Crippen molar-refractivity contribution >= 4 is 30.0 Å². The fraction of sp³-hybridized carbons (Fsp3) is 0. The second-order valence-corrected chi connectivity index (χ2v) is 2.69. The molecule has 0 spiro atoms. The zero-order chi connectivity index (χ0) is 8.55. The summed E-state index contributed by atoms with van der Waals surface area (Å²) in [6.45, 7) is 0. The molecule has 0 saturated carbocycles. The molecule has 0 unspecified atom stereocenters. The van der Waals surface area contributed by atoms with Crippen LogP contribution in [0.3, 0.4) is 0 Å². The van der Waals surface area contributed by atoms with Crippen LogP contribution in [0, 0.1) is 0 Å². The summed E-state index contributed by atoms with van der Waals surface area (Å²) in [5, 5.41) is 1.02. The van der Waals surface area contributed by atoms with Gasteiger partial charge in [-0.25, -0.2) is 4.98 Å². The highest BCUT2D eigenvalue weighted by Gasteiger charge is 1.94. The summed E-state index contributed by atoms with van der Waals surface area (Å²) >= 11 is 0. The highest BCUT2D eigenvalue weighted by molar-refractivity contribution is 6.33. The lowest BCUT2D eigenvalue weighted by Gasteiger charge is -1.99. The van der Waals surface area contributed by atoms with E-state index in [0.717, 1.165) is 16.4 Å². The first kappa shape index (κ1) is 7.16. The van der Waals surface area contributed by atoms with Crippen LogP contribution in [0.5, 0.6) is 0 Å². The third kappa shape index (κ3) is 1.14. The first-order valence-corrected chi connectivity index (χ1v) is 3.67. The van der Waals surface area contributed by atoms with E-state index in [0.29, 0.717) is 5.82 Å². The molecule has 2 nitrogen and oxygen atoms in total. The number of hydrogen-bond acceptors (Lipinski definition) is 2. The number of anilines is 1. The second-order valence-electron chi connectivity index (χ2n) is 2.69. The van der Waals surface area contributed by atoms with Gasteiger partial charge in [-0.1, -0.05) is 17.6 Å². The molecule has 1 heterocycles. The van der Waals surface area contributed by atoms with Crippen molar-refractivity contribution in [3.05, 3.63) is 30.3 Å². The predicted molar refractivity (Wildman–Crippen MR) is 51.5 cm³/mol. The van der Waals surface area contributed by atoms with E-state index in [-0.39, 0.29) is 0 Å². The van der Waals surface area contributed by atoms with Crippen molar-refractivity contribution in [3.63, 3.8) is 0 Å². The lowest BCUT2D eigenvalue weighted by atomic mass is 9.95. The molecule has 3 heteroatoms. The van der Waals surface area contributed by atoms with Crippen LogP contribution in [0.25, 0.3) is 10.9 Å². The van der Waals surface area contributed by atoms with Gasteiger partial charge in [-0.05, 0) is 23.6 Å². The molecule has 0 atom stereocenters. The monoisotopic (exact) mass is 154 g/mol. The van der Waals surface area contributed by atoms with Crippen molar-refractivity contribution in [1.29, 1.82) is 0 Å². The van der Waals surface area contributed by atoms with Gasteiger partial charge in [0.2, 0.25) is 0 Å². The Labute approximate surface area is 71.8 Å². The highest BCUT2D eigenvalue weighted by Crippen LogP contribution is 2.10. The maximum Gasteiger partial charge on any atom is 0.124 e. The number of aromatic nitrogens is 1. The largest absolute Gasteiger partial charge is 0.384 e. The molecule has 1 aromatic carbocycles. The summed E-state index contributed by atoms with van der Waals surface area (Å²) in [5.41, 5.74) is 7.14. The van der Waals surface area contributed by atoms with Gasteiger partial charge < -0.3 is 5.73 Å². The summed E-state index contributed by atoms with van der Waals surface area (Å²) < 4.78 is 0. The van der Waals surface area contributed by atoms with Crippen molar-refractivity contribution in [2.24, 2.45) is 0 Å². The summed E-state index contributed by atoms with van der Waals surface area (Å²) in [4.78, 5) is 4.14. The van der Waals surface area contributed by atoms with Crippen LogP contribution in [0.15, 0.2) is 30.3 Å². The van der Waals surface area contributed by atoms with E-state index >= 15 is 0 Å². The van der Waals surface area contributed by atoms with Gasteiger partial charge >= 0.3 is 0 Å². The van der Waals surface area contributed by atoms with Crippen molar-refractivity contribution in [3.8, 4) is 0 Å². The van der Waals surface area contributed by atoms with Crippen LogP contribution in [0.4, 0.5) is 5.82 Å². The average Bonchev–Trinajstić information content (AvgIpc) is 2.05. The van der Waals surface area contributed by atoms with Crippen LogP contribution in [-0.4, -0.2) is 12.8 Å². The van der Waals surface area contributed by atoms with Gasteiger partial charge in [0, 0.05) is 0 Å². The zero-order valence-corrected chi connectivity index (χ0v) is 6.49. The minimum absolute atomic E-state index is 0.535. The van der Waals surface area contributed by atoms with E-state index in [2.05, 4.69) is 4.98 Å². The number of nitrogens with zero attached hydrogens (tertiary/aromatic N) is 1. The Hall–Kier alpha value is -1.51. The van der Waals surface area contributed by atoms with E-state index in [1.165, 1.54) is 0 Å². The molecule has 0 amide bonds. The summed E-state index contributed by atoms with van der Waals surface area (Å²) in [5.74, 6) is 0.535. The summed E-state index contributed by atoms with van der Waals surface area (Å²) in [7, 11) is 5.60. The van der Waals surface area contributed by atoms with E-state index in [9.17, 15) is 0 Å². The van der Waals surface area contributed by atoms with Gasteiger partial charge in [-0.2, -0.15) is 0 Å². The maximum absolute atomic E-state index is 5.60. The Bertz CT molecular complexity index is 385. The SMILES string of the molecule is [B]c1ccc2nc(N)ccc2c1. The average molecular weight is 154 g/mol. The normalized spacial score (nSPS) is 10.3. The minimum atomic E-state index is 0.535. The van der Waals surface area contributed by atoms with Gasteiger partial charge in [-0.3, -0.25) is 0 Å². The maximum atomic E-state index is 5.60. The Morgan fingerprint density at radius 3 is 2.83 bits per heavy atom. The number of rotatable bonds is 0. The molecule has 1 aromatic heterocycles. The number of nitrogen functional groups attached to an aromatic ring is 1. The van der Waals surface area contributed by atoms with Crippen LogP contribution in [0.1, 0.15) is 0 Å². The Balaban J connectivity index is 2.79. The number of hydrogen-bond donors (Lipinski definition) is 1. The Morgan fingerprint density at radius 2 is 2.00 bits per heavy atom. The summed E-state index contributed by atoms with van der Waals surface area (Å²) in [6, 6.07) is 9.23. The minimum Gasteiger partial charge on any atom is -0.384 e. The Morgan fingerprint density at radius 1 is 1.17 bits per heavy atom. The van der Waals surface area contributed by atoms with Crippen LogP contribution >= 0.6 is 0 Å². The van der Waals surface area contributed by atoms with Crippen LogP contribution in [0.2, 0.25) is 0 Å². The number of fused-ring (bicyclic) bond motifs is 1. The quantitative estimate of drug-likeness (QED) is 0.564. The lowest BCUT2D eigenvalue weighted by Crippen LogP contribution is -2.00. The molecule has 12 heavy (non-hydrogen) atoms. The van der Waals surface area contributed by atoms with E-state index in [4.69, 9.17) is 13.6 Å². The van der Waals surface area contributed by atoms with Crippen molar-refractivity contribution < 1.29 is 0 Å². The summed E-state index contributed by atoms with van der Waals surface area (Å²) in [6.07, 6.45) is 0. The van der Waals surface area contributed by atoms with Crippen LogP contribution in [-0.2, 0) is 0 Å². The van der Waals surface area contributed by atoms with Crippen LogP contribution < -0.4 is 11.2 Å². The fourth-order valence-electron chi connectivity index (χ4n) is 1.16. The molecule has 56 valence electrons. The predicted octanol–water partition coefficient (Wildman–Crippen LogP) is 0.611. The molecule has 2 aromatic rings. The van der Waals surface area contributed by atoms with Gasteiger partial charge in [0.1, 0.15) is 13.7 Å². The molecular formula is C9H7BN2. The zero-order valence-electron chi connectivity index (χ0n) is 6.49. The number of pyridine rings is 1. The first-order valence-electron chi connectivity index (χ1n) is 3.67. The lowest BCUT2D eigenvalue weighted by molar-refractivity contribution is 1.42. The smallest absolute Gasteiger partial charge is 0.124 e. The fourth-order valence-corrected chi connectivity index (χ4v) is 1.16. The third-order valence-corrected chi connectivity index (χ3v) is 1.73. The molecule has 0 aliphatic carbocycles.